The van der Waals surface area contributed by atoms with Crippen molar-refractivity contribution in [2.24, 2.45) is 5.10 Å². The summed E-state index contributed by atoms with van der Waals surface area (Å²) in [5.41, 5.74) is 4.84. The van der Waals surface area contributed by atoms with Crippen LogP contribution in [-0.4, -0.2) is 16.7 Å². The minimum absolute atomic E-state index is 0.112. The number of para-hydroxylation sites is 1. The van der Waals surface area contributed by atoms with E-state index in [9.17, 15) is 9.90 Å². The van der Waals surface area contributed by atoms with E-state index in [-0.39, 0.29) is 5.75 Å². The molecule has 0 heterocycles. The number of benzene rings is 2. The summed E-state index contributed by atoms with van der Waals surface area (Å²) >= 11 is 6.03. The molecule has 2 aromatic rings. The van der Waals surface area contributed by atoms with E-state index in [1.165, 1.54) is 0 Å². The summed E-state index contributed by atoms with van der Waals surface area (Å²) in [6.45, 7) is 3.60. The third-order valence-corrected chi connectivity index (χ3v) is 3.30. The number of hydrazone groups is 1. The molecule has 0 atom stereocenters. The molecule has 0 fully saturated rings. The summed E-state index contributed by atoms with van der Waals surface area (Å²) < 4.78 is 0. The molecule has 0 aliphatic heterocycles. The molecule has 4 nitrogen and oxygen atoms in total. The van der Waals surface area contributed by atoms with Gasteiger partial charge in [0, 0.05) is 5.56 Å². The monoisotopic (exact) mass is 302 g/mol. The van der Waals surface area contributed by atoms with Crippen molar-refractivity contribution < 1.29 is 9.90 Å². The van der Waals surface area contributed by atoms with Crippen LogP contribution < -0.4 is 5.43 Å². The van der Waals surface area contributed by atoms with Crippen LogP contribution in [0.15, 0.2) is 47.6 Å². The molecule has 1 amide bonds. The number of halogens is 1. The molecule has 5 heteroatoms. The second kappa shape index (κ2) is 6.41. The number of nitrogens with zero attached hydrogens (tertiary/aromatic N) is 1. The van der Waals surface area contributed by atoms with Gasteiger partial charge < -0.3 is 5.11 Å². The lowest BCUT2D eigenvalue weighted by Crippen LogP contribution is -2.19. The maximum absolute atomic E-state index is 12.0. The largest absolute Gasteiger partial charge is 0.507 e. The Bertz CT molecular complexity index is 711. The van der Waals surface area contributed by atoms with Crippen LogP contribution >= 0.6 is 11.6 Å². The number of aryl methyl sites for hydroxylation is 1. The van der Waals surface area contributed by atoms with Crippen molar-refractivity contribution in [3.63, 3.8) is 0 Å². The molecule has 21 heavy (non-hydrogen) atoms. The molecule has 0 aromatic heterocycles. The van der Waals surface area contributed by atoms with Crippen LogP contribution in [0.25, 0.3) is 0 Å². The van der Waals surface area contributed by atoms with Gasteiger partial charge in [0.1, 0.15) is 5.75 Å². The van der Waals surface area contributed by atoms with Gasteiger partial charge in [0.2, 0.25) is 0 Å². The molecule has 0 aliphatic rings. The Morgan fingerprint density at radius 2 is 1.90 bits per heavy atom. The summed E-state index contributed by atoms with van der Waals surface area (Å²) in [5, 5.41) is 14.1. The molecule has 0 aliphatic carbocycles. The van der Waals surface area contributed by atoms with Crippen LogP contribution in [0.1, 0.15) is 28.4 Å². The van der Waals surface area contributed by atoms with Gasteiger partial charge in [-0.2, -0.15) is 5.10 Å². The maximum atomic E-state index is 12.0. The van der Waals surface area contributed by atoms with Crippen molar-refractivity contribution in [3.8, 4) is 5.75 Å². The fourth-order valence-electron chi connectivity index (χ4n) is 1.84. The molecule has 2 rings (SSSR count). The lowest BCUT2D eigenvalue weighted by molar-refractivity contribution is 0.0955. The van der Waals surface area contributed by atoms with Crippen molar-refractivity contribution in [3.05, 3.63) is 64.2 Å². The Morgan fingerprint density at radius 3 is 2.57 bits per heavy atom. The lowest BCUT2D eigenvalue weighted by Gasteiger charge is -2.06. The number of carbonyl (C=O) groups is 1. The average molecular weight is 303 g/mol. The predicted octanol–water partition coefficient (Wildman–Crippen LogP) is 3.51. The van der Waals surface area contributed by atoms with E-state index >= 15 is 0 Å². The van der Waals surface area contributed by atoms with Gasteiger partial charge in [0.15, 0.2) is 0 Å². The molecule has 0 saturated carbocycles. The average Bonchev–Trinajstić information content (AvgIpc) is 2.45. The number of phenolic OH excluding ortho intramolecular Hbond substituents is 1. The first kappa shape index (κ1) is 15.1. The minimum atomic E-state index is -0.394. The molecule has 0 unspecified atom stereocenters. The third kappa shape index (κ3) is 3.61. The zero-order valence-electron chi connectivity index (χ0n) is 11.7. The van der Waals surface area contributed by atoms with Gasteiger partial charge >= 0.3 is 0 Å². The van der Waals surface area contributed by atoms with Gasteiger partial charge in [0.05, 0.1) is 16.3 Å². The second-order valence-electron chi connectivity index (χ2n) is 4.64. The molecule has 0 spiro atoms. The van der Waals surface area contributed by atoms with Gasteiger partial charge in [-0.3, -0.25) is 4.79 Å². The van der Waals surface area contributed by atoms with Crippen LogP contribution in [0, 0.1) is 6.92 Å². The number of phenols is 1. The Hall–Kier alpha value is -2.33. The summed E-state index contributed by atoms with van der Waals surface area (Å²) in [6.07, 6.45) is 0. The highest BCUT2D eigenvalue weighted by Gasteiger charge is 2.10. The number of rotatable bonds is 3. The first-order valence-electron chi connectivity index (χ1n) is 6.38. The van der Waals surface area contributed by atoms with Crippen LogP contribution in [0.5, 0.6) is 5.75 Å². The van der Waals surface area contributed by atoms with Crippen molar-refractivity contribution in [1.82, 2.24) is 5.43 Å². The van der Waals surface area contributed by atoms with Gasteiger partial charge in [-0.05, 0) is 43.7 Å². The number of amides is 1. The Labute approximate surface area is 128 Å². The quantitative estimate of drug-likeness (QED) is 0.673. The zero-order chi connectivity index (χ0) is 15.4. The number of aromatic hydroxyl groups is 1. The molecular weight excluding hydrogens is 288 g/mol. The highest BCUT2D eigenvalue weighted by Crippen LogP contribution is 2.18. The van der Waals surface area contributed by atoms with Gasteiger partial charge in [-0.1, -0.05) is 29.8 Å². The number of nitrogens with one attached hydrogen (secondary N) is 1. The molecule has 0 radical (unpaired) electrons. The van der Waals surface area contributed by atoms with Crippen LogP contribution in [0.3, 0.4) is 0 Å². The molecule has 0 saturated heterocycles. The van der Waals surface area contributed by atoms with Crippen LogP contribution in [0.4, 0.5) is 0 Å². The molecular formula is C16H15ClN2O2. The van der Waals surface area contributed by atoms with Crippen LogP contribution in [-0.2, 0) is 0 Å². The Morgan fingerprint density at radius 1 is 1.19 bits per heavy atom. The number of hydrogen-bond acceptors (Lipinski definition) is 3. The zero-order valence-corrected chi connectivity index (χ0v) is 12.5. The first-order valence-corrected chi connectivity index (χ1v) is 6.76. The number of hydrogen-bond donors (Lipinski definition) is 2. The van der Waals surface area contributed by atoms with E-state index in [1.807, 2.05) is 6.92 Å². The van der Waals surface area contributed by atoms with Crippen molar-refractivity contribution in [2.45, 2.75) is 13.8 Å². The maximum Gasteiger partial charge on any atom is 0.272 e. The fourth-order valence-corrected chi connectivity index (χ4v) is 2.16. The van der Waals surface area contributed by atoms with Crippen LogP contribution in [0.2, 0.25) is 5.02 Å². The first-order chi connectivity index (χ1) is 9.99. The van der Waals surface area contributed by atoms with Gasteiger partial charge in [-0.15, -0.1) is 0 Å². The Balaban J connectivity index is 2.17. The Kier molecular flexibility index (Phi) is 4.60. The van der Waals surface area contributed by atoms with Crippen molar-refractivity contribution >= 4 is 23.2 Å². The standard InChI is InChI=1S/C16H15ClN2O2/c1-10-7-8-13(14(17)9-10)16(21)19-18-11(2)12-5-3-4-6-15(12)20/h3-9,20H,1-2H3,(H,19,21). The number of carbonyl (C=O) groups excluding carboxylic acids is 1. The smallest absolute Gasteiger partial charge is 0.272 e. The highest BCUT2D eigenvalue weighted by molar-refractivity contribution is 6.33. The normalized spacial score (nSPS) is 11.3. The van der Waals surface area contributed by atoms with E-state index in [2.05, 4.69) is 10.5 Å². The van der Waals surface area contributed by atoms with E-state index in [1.54, 1.807) is 49.4 Å². The fraction of sp³-hybridized carbons (Fsp3) is 0.125. The lowest BCUT2D eigenvalue weighted by atomic mass is 10.1. The molecule has 108 valence electrons. The van der Waals surface area contributed by atoms with Crippen molar-refractivity contribution in [1.29, 1.82) is 0 Å². The molecule has 0 bridgehead atoms. The third-order valence-electron chi connectivity index (χ3n) is 2.99. The van der Waals surface area contributed by atoms with Crippen molar-refractivity contribution in [2.75, 3.05) is 0 Å². The van der Waals surface area contributed by atoms with E-state index in [0.29, 0.717) is 21.9 Å². The van der Waals surface area contributed by atoms with E-state index in [4.69, 9.17) is 11.6 Å². The topological polar surface area (TPSA) is 61.7 Å². The van der Waals surface area contributed by atoms with E-state index < -0.39 is 5.91 Å². The van der Waals surface area contributed by atoms with Gasteiger partial charge in [-0.25, -0.2) is 5.43 Å². The summed E-state index contributed by atoms with van der Waals surface area (Å²) in [4.78, 5) is 12.0. The second-order valence-corrected chi connectivity index (χ2v) is 5.05. The molecule has 2 N–H and O–H groups in total. The summed E-state index contributed by atoms with van der Waals surface area (Å²) in [7, 11) is 0. The SMILES string of the molecule is CC(=NNC(=O)c1ccc(C)cc1Cl)c1ccccc1O. The summed E-state index contributed by atoms with van der Waals surface area (Å²) in [5.74, 6) is -0.281. The highest BCUT2D eigenvalue weighted by atomic mass is 35.5. The predicted molar refractivity (Wildman–Crippen MR) is 84.0 cm³/mol. The molecule has 2 aromatic carbocycles. The van der Waals surface area contributed by atoms with Gasteiger partial charge in [0.25, 0.3) is 5.91 Å². The van der Waals surface area contributed by atoms with E-state index in [0.717, 1.165) is 5.56 Å². The minimum Gasteiger partial charge on any atom is -0.507 e. The summed E-state index contributed by atoms with van der Waals surface area (Å²) in [6, 6.07) is 12.0.